The molecule has 1 N–H and O–H groups in total. The number of nitrogens with zero attached hydrogens (tertiary/aromatic N) is 4. The Morgan fingerprint density at radius 3 is 2.81 bits per heavy atom. The summed E-state index contributed by atoms with van der Waals surface area (Å²) in [5.74, 6) is -1.79. The Kier molecular flexibility index (Phi) is 4.66. The van der Waals surface area contributed by atoms with Crippen molar-refractivity contribution in [1.82, 2.24) is 19.7 Å². The smallest absolute Gasteiger partial charge is 0.333 e. The number of carbonyl (C=O) groups is 2. The molecule has 7 nitrogen and oxygen atoms in total. The molecule has 2 aromatic rings. The first-order valence-corrected chi connectivity index (χ1v) is 7.83. The van der Waals surface area contributed by atoms with Gasteiger partial charge in [0.05, 0.1) is 17.8 Å². The summed E-state index contributed by atoms with van der Waals surface area (Å²) in [6, 6.07) is 5.01. The Labute approximate surface area is 146 Å². The number of rotatable bonds is 4. The van der Waals surface area contributed by atoms with Gasteiger partial charge in [0.15, 0.2) is 0 Å². The van der Waals surface area contributed by atoms with Crippen molar-refractivity contribution in [3.05, 3.63) is 30.6 Å². The minimum absolute atomic E-state index is 0.246. The van der Waals surface area contributed by atoms with E-state index in [1.54, 1.807) is 42.3 Å². The van der Waals surface area contributed by atoms with Gasteiger partial charge < -0.3 is 10.2 Å². The molecule has 0 aromatic carbocycles. The summed E-state index contributed by atoms with van der Waals surface area (Å²) in [5.41, 5.74) is 1.35. The maximum Gasteiger partial charge on any atom is 0.406 e. The van der Waals surface area contributed by atoms with Crippen LogP contribution in [0.15, 0.2) is 30.6 Å². The molecule has 26 heavy (non-hydrogen) atoms. The first kappa shape index (κ1) is 17.9. The van der Waals surface area contributed by atoms with Crippen LogP contribution in [0.1, 0.15) is 6.42 Å². The van der Waals surface area contributed by atoms with Crippen LogP contribution in [0.5, 0.6) is 0 Å². The number of carbonyl (C=O) groups excluding carboxylic acids is 2. The molecule has 0 radical (unpaired) electrons. The molecule has 1 aliphatic rings. The maximum absolute atomic E-state index is 12.5. The summed E-state index contributed by atoms with van der Waals surface area (Å²) in [7, 11) is 1.76. The highest BCUT2D eigenvalue weighted by Crippen LogP contribution is 2.25. The zero-order valence-corrected chi connectivity index (χ0v) is 13.8. The van der Waals surface area contributed by atoms with E-state index in [-0.39, 0.29) is 18.8 Å². The Morgan fingerprint density at radius 2 is 2.15 bits per heavy atom. The van der Waals surface area contributed by atoms with Gasteiger partial charge in [-0.1, -0.05) is 6.07 Å². The minimum Gasteiger partial charge on any atom is -0.333 e. The van der Waals surface area contributed by atoms with E-state index in [1.165, 1.54) is 0 Å². The SMILES string of the molecule is Cn1cc(-c2cccc(NC(=O)[C@@H]3CC(=O)N(CC(F)(F)F)C3)n2)cn1. The van der Waals surface area contributed by atoms with Crippen LogP contribution < -0.4 is 5.32 Å². The van der Waals surface area contributed by atoms with Crippen LogP contribution in [0.3, 0.4) is 0 Å². The number of aryl methyl sites for hydroxylation is 1. The lowest BCUT2D eigenvalue weighted by molar-refractivity contribution is -0.157. The van der Waals surface area contributed by atoms with E-state index >= 15 is 0 Å². The third kappa shape index (κ3) is 4.19. The lowest BCUT2D eigenvalue weighted by Gasteiger charge is -2.18. The standard InChI is InChI=1S/C16H16F3N5O2/c1-23-7-11(6-20-23)12-3-2-4-13(21-12)22-15(26)10-5-14(25)24(8-10)9-16(17,18)19/h2-4,6-7,10H,5,8-9H2,1H3,(H,21,22,26)/t10-/m1/s1. The van der Waals surface area contributed by atoms with Gasteiger partial charge in [-0.25, -0.2) is 4.98 Å². The van der Waals surface area contributed by atoms with Gasteiger partial charge in [0.25, 0.3) is 0 Å². The summed E-state index contributed by atoms with van der Waals surface area (Å²) in [6.45, 7) is -1.60. The second kappa shape index (κ2) is 6.77. The van der Waals surface area contributed by atoms with Crippen molar-refractivity contribution < 1.29 is 22.8 Å². The fourth-order valence-corrected chi connectivity index (χ4v) is 2.76. The van der Waals surface area contributed by atoms with Crippen LogP contribution in [0.4, 0.5) is 19.0 Å². The van der Waals surface area contributed by atoms with Crippen LogP contribution >= 0.6 is 0 Å². The largest absolute Gasteiger partial charge is 0.406 e. The van der Waals surface area contributed by atoms with Gasteiger partial charge in [-0.05, 0) is 12.1 Å². The average Bonchev–Trinajstić information content (AvgIpc) is 3.13. The summed E-state index contributed by atoms with van der Waals surface area (Å²) >= 11 is 0. The second-order valence-electron chi connectivity index (χ2n) is 6.09. The predicted octanol–water partition coefficient (Wildman–Crippen LogP) is 1.83. The van der Waals surface area contributed by atoms with Crippen molar-refractivity contribution in [3.63, 3.8) is 0 Å². The number of anilines is 1. The number of aromatic nitrogens is 3. The molecule has 3 heterocycles. The zero-order valence-electron chi connectivity index (χ0n) is 13.8. The molecular weight excluding hydrogens is 351 g/mol. The Hall–Kier alpha value is -2.91. The first-order chi connectivity index (χ1) is 12.2. The Morgan fingerprint density at radius 1 is 1.38 bits per heavy atom. The van der Waals surface area contributed by atoms with Gasteiger partial charge >= 0.3 is 6.18 Å². The van der Waals surface area contributed by atoms with Crippen molar-refractivity contribution in [2.45, 2.75) is 12.6 Å². The van der Waals surface area contributed by atoms with Crippen LogP contribution in [0.2, 0.25) is 0 Å². The van der Waals surface area contributed by atoms with Gasteiger partial charge in [0.2, 0.25) is 11.8 Å². The van der Waals surface area contributed by atoms with Crippen LogP contribution in [0, 0.1) is 5.92 Å². The second-order valence-corrected chi connectivity index (χ2v) is 6.09. The quantitative estimate of drug-likeness (QED) is 0.894. The number of pyridine rings is 1. The molecule has 2 amide bonds. The van der Waals surface area contributed by atoms with E-state index < -0.39 is 30.5 Å². The average molecular weight is 367 g/mol. The van der Waals surface area contributed by atoms with Crippen molar-refractivity contribution in [2.24, 2.45) is 13.0 Å². The van der Waals surface area contributed by atoms with Crippen molar-refractivity contribution in [3.8, 4) is 11.3 Å². The fourth-order valence-electron chi connectivity index (χ4n) is 2.76. The minimum atomic E-state index is -4.49. The van der Waals surface area contributed by atoms with E-state index in [0.29, 0.717) is 10.6 Å². The molecule has 0 saturated carbocycles. The molecule has 1 saturated heterocycles. The maximum atomic E-state index is 12.5. The van der Waals surface area contributed by atoms with E-state index in [4.69, 9.17) is 0 Å². The summed E-state index contributed by atoms with van der Waals surface area (Å²) in [4.78, 5) is 28.9. The number of likely N-dealkylation sites (tertiary alicyclic amines) is 1. The van der Waals surface area contributed by atoms with Gasteiger partial charge in [-0.3, -0.25) is 14.3 Å². The van der Waals surface area contributed by atoms with Crippen LogP contribution in [-0.4, -0.2) is 50.7 Å². The number of hydrogen-bond donors (Lipinski definition) is 1. The number of halogens is 3. The fraction of sp³-hybridized carbons (Fsp3) is 0.375. The molecule has 138 valence electrons. The van der Waals surface area contributed by atoms with Crippen molar-refractivity contribution in [2.75, 3.05) is 18.4 Å². The summed E-state index contributed by atoms with van der Waals surface area (Å²) in [6.07, 6.45) is -1.35. The highest BCUT2D eigenvalue weighted by Gasteiger charge is 2.40. The lowest BCUT2D eigenvalue weighted by atomic mass is 10.1. The molecule has 10 heteroatoms. The summed E-state index contributed by atoms with van der Waals surface area (Å²) in [5, 5.41) is 6.61. The predicted molar refractivity (Wildman–Crippen MR) is 85.8 cm³/mol. The van der Waals surface area contributed by atoms with Crippen LogP contribution in [-0.2, 0) is 16.6 Å². The summed E-state index contributed by atoms with van der Waals surface area (Å²) < 4.78 is 39.0. The number of amides is 2. The van der Waals surface area contributed by atoms with E-state index in [0.717, 1.165) is 5.56 Å². The number of hydrogen-bond acceptors (Lipinski definition) is 4. The van der Waals surface area contributed by atoms with Crippen LogP contribution in [0.25, 0.3) is 11.3 Å². The molecule has 0 unspecified atom stereocenters. The normalized spacial score (nSPS) is 17.6. The van der Waals surface area contributed by atoms with Gasteiger partial charge in [0, 0.05) is 31.8 Å². The van der Waals surface area contributed by atoms with Gasteiger partial charge in [-0.15, -0.1) is 0 Å². The first-order valence-electron chi connectivity index (χ1n) is 7.83. The van der Waals surface area contributed by atoms with Gasteiger partial charge in [-0.2, -0.15) is 18.3 Å². The van der Waals surface area contributed by atoms with Crippen molar-refractivity contribution in [1.29, 1.82) is 0 Å². The van der Waals surface area contributed by atoms with E-state index in [1.807, 2.05) is 0 Å². The third-order valence-corrected chi connectivity index (χ3v) is 3.96. The molecule has 3 rings (SSSR count). The van der Waals surface area contributed by atoms with E-state index in [9.17, 15) is 22.8 Å². The Balaban J connectivity index is 1.66. The molecule has 2 aromatic heterocycles. The molecular formula is C16H16F3N5O2. The Bertz CT molecular complexity index is 833. The van der Waals surface area contributed by atoms with Crippen molar-refractivity contribution >= 4 is 17.6 Å². The highest BCUT2D eigenvalue weighted by molar-refractivity contribution is 5.96. The molecule has 1 fully saturated rings. The highest BCUT2D eigenvalue weighted by atomic mass is 19.4. The topological polar surface area (TPSA) is 80.1 Å². The number of nitrogens with one attached hydrogen (secondary N) is 1. The molecule has 1 atom stereocenters. The molecule has 1 aliphatic heterocycles. The monoisotopic (exact) mass is 367 g/mol. The molecule has 0 aliphatic carbocycles. The number of alkyl halides is 3. The molecule has 0 bridgehead atoms. The third-order valence-electron chi connectivity index (χ3n) is 3.96. The zero-order chi connectivity index (χ0) is 18.9. The molecule has 0 spiro atoms. The van der Waals surface area contributed by atoms with E-state index in [2.05, 4.69) is 15.4 Å². The van der Waals surface area contributed by atoms with Gasteiger partial charge in [0.1, 0.15) is 12.4 Å². The lowest BCUT2D eigenvalue weighted by Crippen LogP contribution is -2.36.